The number of carbonyl (C=O) groups excluding carboxylic acids is 1. The van der Waals surface area contributed by atoms with Crippen molar-refractivity contribution in [3.05, 3.63) is 71.3 Å². The average Bonchev–Trinajstić information content (AvgIpc) is 2.63. The van der Waals surface area contributed by atoms with Crippen molar-refractivity contribution in [1.29, 1.82) is 0 Å². The number of carbonyl (C=O) groups is 1. The first kappa shape index (κ1) is 20.4. The molecule has 2 aromatic carbocycles. The number of nitrogens with zero attached hydrogens (tertiary/aromatic N) is 1. The summed E-state index contributed by atoms with van der Waals surface area (Å²) in [5.41, 5.74) is 3.20. The van der Waals surface area contributed by atoms with E-state index in [1.54, 1.807) is 0 Å². The smallest absolute Gasteiger partial charge is 0.251 e. The predicted octanol–water partition coefficient (Wildman–Crippen LogP) is 3.22. The van der Waals surface area contributed by atoms with E-state index in [-0.39, 0.29) is 24.4 Å². The van der Waals surface area contributed by atoms with Crippen molar-refractivity contribution in [2.24, 2.45) is 0 Å². The third kappa shape index (κ3) is 6.13. The molecule has 1 saturated heterocycles. The van der Waals surface area contributed by atoms with Crippen LogP contribution in [0.1, 0.15) is 34.3 Å². The molecule has 0 aliphatic carbocycles. The van der Waals surface area contributed by atoms with Crippen molar-refractivity contribution >= 4 is 18.3 Å². The van der Waals surface area contributed by atoms with Crippen molar-refractivity contribution < 1.29 is 4.79 Å². The summed E-state index contributed by atoms with van der Waals surface area (Å²) in [5, 5.41) is 6.47. The van der Waals surface area contributed by atoms with Crippen LogP contribution in [0.3, 0.4) is 0 Å². The maximum Gasteiger partial charge on any atom is 0.251 e. The Hall–Kier alpha value is -1.88. The second-order valence-electron chi connectivity index (χ2n) is 6.88. The lowest BCUT2D eigenvalue weighted by atomic mass is 10.1. The molecule has 2 N–H and O–H groups in total. The Bertz CT molecular complexity index is 687. The maximum absolute atomic E-state index is 12.5. The van der Waals surface area contributed by atoms with Gasteiger partial charge in [0.1, 0.15) is 0 Å². The Morgan fingerprint density at radius 2 is 1.85 bits per heavy atom. The normalized spacial score (nSPS) is 16.8. The second-order valence-corrected chi connectivity index (χ2v) is 6.88. The fraction of sp³-hybridized carbons (Fsp3) is 0.381. The molecule has 0 saturated carbocycles. The summed E-state index contributed by atoms with van der Waals surface area (Å²) >= 11 is 0. The molecule has 26 heavy (non-hydrogen) atoms. The summed E-state index contributed by atoms with van der Waals surface area (Å²) < 4.78 is 0. The van der Waals surface area contributed by atoms with Gasteiger partial charge in [0.15, 0.2) is 0 Å². The molecular weight excluding hydrogens is 346 g/mol. The van der Waals surface area contributed by atoms with Gasteiger partial charge in [-0.2, -0.15) is 0 Å². The molecule has 0 radical (unpaired) electrons. The standard InChI is InChI=1S/C21H27N3O.ClH/c1-24(15-17-7-3-2-4-8-17)16-18-9-5-10-19(13-18)21(25)23-20-11-6-12-22-14-20;/h2-5,7-10,13,20,22H,6,11-12,14-16H2,1H3,(H,23,25);1H/t20-;/m0./s1. The van der Waals surface area contributed by atoms with Gasteiger partial charge in [-0.1, -0.05) is 42.5 Å². The van der Waals surface area contributed by atoms with Crippen LogP contribution in [0.4, 0.5) is 0 Å². The number of nitrogens with one attached hydrogen (secondary N) is 2. The Labute approximate surface area is 162 Å². The van der Waals surface area contributed by atoms with E-state index in [1.165, 1.54) is 5.56 Å². The first-order chi connectivity index (χ1) is 12.2. The molecule has 3 rings (SSSR count). The van der Waals surface area contributed by atoms with Crippen molar-refractivity contribution in [2.45, 2.75) is 32.0 Å². The molecule has 140 valence electrons. The van der Waals surface area contributed by atoms with Crippen LogP contribution in [0.5, 0.6) is 0 Å². The van der Waals surface area contributed by atoms with Gasteiger partial charge in [-0.15, -0.1) is 12.4 Å². The third-order valence-electron chi connectivity index (χ3n) is 4.57. The number of halogens is 1. The van der Waals surface area contributed by atoms with Gasteiger partial charge in [-0.05, 0) is 49.7 Å². The number of hydrogen-bond acceptors (Lipinski definition) is 3. The minimum Gasteiger partial charge on any atom is -0.348 e. The van der Waals surface area contributed by atoms with E-state index < -0.39 is 0 Å². The van der Waals surface area contributed by atoms with Gasteiger partial charge in [0.05, 0.1) is 0 Å². The van der Waals surface area contributed by atoms with Crippen LogP contribution in [-0.4, -0.2) is 37.0 Å². The highest BCUT2D eigenvalue weighted by Crippen LogP contribution is 2.11. The first-order valence-corrected chi connectivity index (χ1v) is 9.04. The van der Waals surface area contributed by atoms with E-state index in [1.807, 2.05) is 24.3 Å². The second kappa shape index (κ2) is 10.3. The molecule has 1 aliphatic heterocycles. The monoisotopic (exact) mass is 373 g/mol. The van der Waals surface area contributed by atoms with Crippen LogP contribution >= 0.6 is 12.4 Å². The number of rotatable bonds is 6. The minimum atomic E-state index is 0. The average molecular weight is 374 g/mol. The molecule has 0 bridgehead atoms. The molecule has 1 aliphatic rings. The molecule has 2 aromatic rings. The molecule has 0 spiro atoms. The van der Waals surface area contributed by atoms with Crippen LogP contribution < -0.4 is 10.6 Å². The van der Waals surface area contributed by atoms with Crippen LogP contribution in [0.25, 0.3) is 0 Å². The quantitative estimate of drug-likeness (QED) is 0.817. The third-order valence-corrected chi connectivity index (χ3v) is 4.57. The van der Waals surface area contributed by atoms with Crippen LogP contribution in [0.2, 0.25) is 0 Å². The van der Waals surface area contributed by atoms with Gasteiger partial charge in [-0.25, -0.2) is 0 Å². The zero-order valence-corrected chi connectivity index (χ0v) is 16.1. The highest BCUT2D eigenvalue weighted by molar-refractivity contribution is 5.94. The summed E-state index contributed by atoms with van der Waals surface area (Å²) in [4.78, 5) is 14.8. The van der Waals surface area contributed by atoms with Gasteiger partial charge in [-0.3, -0.25) is 9.69 Å². The number of amides is 1. The van der Waals surface area contributed by atoms with Gasteiger partial charge in [0, 0.05) is 31.2 Å². The predicted molar refractivity (Wildman–Crippen MR) is 109 cm³/mol. The van der Waals surface area contributed by atoms with Gasteiger partial charge in [0.2, 0.25) is 0 Å². The van der Waals surface area contributed by atoms with Gasteiger partial charge in [0.25, 0.3) is 5.91 Å². The maximum atomic E-state index is 12.5. The SMILES string of the molecule is CN(Cc1ccccc1)Cc1cccc(C(=O)N[C@H]2CCCNC2)c1.Cl. The summed E-state index contributed by atoms with van der Waals surface area (Å²) in [7, 11) is 2.10. The zero-order chi connectivity index (χ0) is 17.5. The Morgan fingerprint density at radius 1 is 1.12 bits per heavy atom. The Kier molecular flexibility index (Phi) is 8.10. The van der Waals surface area contributed by atoms with Crippen LogP contribution in [0.15, 0.2) is 54.6 Å². The highest BCUT2D eigenvalue weighted by Gasteiger charge is 2.16. The highest BCUT2D eigenvalue weighted by atomic mass is 35.5. The first-order valence-electron chi connectivity index (χ1n) is 9.04. The fourth-order valence-electron chi connectivity index (χ4n) is 3.32. The number of benzene rings is 2. The summed E-state index contributed by atoms with van der Waals surface area (Å²) in [6.07, 6.45) is 2.17. The lowest BCUT2D eigenvalue weighted by molar-refractivity contribution is 0.0930. The molecule has 1 fully saturated rings. The minimum absolute atomic E-state index is 0. The number of piperidine rings is 1. The Morgan fingerprint density at radius 3 is 2.58 bits per heavy atom. The summed E-state index contributed by atoms with van der Waals surface area (Å²) in [5.74, 6) is 0.0289. The molecule has 1 heterocycles. The largest absolute Gasteiger partial charge is 0.348 e. The van der Waals surface area contributed by atoms with Gasteiger partial charge >= 0.3 is 0 Å². The molecule has 0 unspecified atom stereocenters. The van der Waals surface area contributed by atoms with E-state index >= 15 is 0 Å². The van der Waals surface area contributed by atoms with E-state index in [9.17, 15) is 4.79 Å². The van der Waals surface area contributed by atoms with Crippen LogP contribution in [-0.2, 0) is 13.1 Å². The van der Waals surface area contributed by atoms with E-state index in [0.717, 1.165) is 50.1 Å². The summed E-state index contributed by atoms with van der Waals surface area (Å²) in [6, 6.07) is 18.6. The van der Waals surface area contributed by atoms with Gasteiger partial charge < -0.3 is 10.6 Å². The molecule has 1 amide bonds. The summed E-state index contributed by atoms with van der Waals surface area (Å²) in [6.45, 7) is 3.63. The lowest BCUT2D eigenvalue weighted by Gasteiger charge is -2.24. The molecule has 1 atom stereocenters. The van der Waals surface area contributed by atoms with Crippen molar-refractivity contribution in [1.82, 2.24) is 15.5 Å². The lowest BCUT2D eigenvalue weighted by Crippen LogP contribution is -2.45. The van der Waals surface area contributed by atoms with Crippen LogP contribution in [0, 0.1) is 0 Å². The Balaban J connectivity index is 0.00000243. The molecule has 4 nitrogen and oxygen atoms in total. The van der Waals surface area contributed by atoms with E-state index in [0.29, 0.717) is 0 Å². The molecular formula is C21H28ClN3O. The molecule has 0 aromatic heterocycles. The van der Waals surface area contributed by atoms with E-state index in [2.05, 4.69) is 52.9 Å². The fourth-order valence-corrected chi connectivity index (χ4v) is 3.32. The van der Waals surface area contributed by atoms with Crippen molar-refractivity contribution in [3.63, 3.8) is 0 Å². The zero-order valence-electron chi connectivity index (χ0n) is 15.3. The number of hydrogen-bond donors (Lipinski definition) is 2. The topological polar surface area (TPSA) is 44.4 Å². The van der Waals surface area contributed by atoms with Crippen molar-refractivity contribution in [3.8, 4) is 0 Å². The molecule has 5 heteroatoms. The van der Waals surface area contributed by atoms with Crippen molar-refractivity contribution in [2.75, 3.05) is 20.1 Å². The van der Waals surface area contributed by atoms with E-state index in [4.69, 9.17) is 0 Å².